The van der Waals surface area contributed by atoms with Crippen LogP contribution in [0.2, 0.25) is 0 Å². The molecule has 0 radical (unpaired) electrons. The van der Waals surface area contributed by atoms with Gasteiger partial charge in [-0.3, -0.25) is 0 Å². The molecule has 11 aromatic carbocycles. The van der Waals surface area contributed by atoms with Crippen molar-refractivity contribution in [1.82, 2.24) is 0 Å². The van der Waals surface area contributed by atoms with Crippen LogP contribution < -0.4 is 9.80 Å². The van der Waals surface area contributed by atoms with Gasteiger partial charge in [0.1, 0.15) is 0 Å². The fourth-order valence-corrected chi connectivity index (χ4v) is 12.2. The zero-order valence-electron chi connectivity index (χ0n) is 39.1. The molecule has 0 amide bonds. The maximum Gasteiger partial charge on any atom is 0.0488 e. The second-order valence-electron chi connectivity index (χ2n) is 18.9. The SMILES string of the molecule is CC1(C)c2ccc(-c3cc(N(c4ccccc4)c4ccc(-c5ccccc5)cc4)cc(N(c4ccccc4)c4ccc(-c5cccc6c5sc5ccccc56)cc4)c3)cc2-c2c1ccc1ccccc21. The van der Waals surface area contributed by atoms with Crippen LogP contribution in [0.1, 0.15) is 25.0 Å². The summed E-state index contributed by atoms with van der Waals surface area (Å²) >= 11 is 1.88. The van der Waals surface area contributed by atoms with Crippen molar-refractivity contribution < 1.29 is 0 Å². The number of hydrogen-bond acceptors (Lipinski definition) is 3. The maximum atomic E-state index is 2.45. The molecule has 332 valence electrons. The first-order chi connectivity index (χ1) is 34.5. The molecule has 0 spiro atoms. The highest BCUT2D eigenvalue weighted by Crippen LogP contribution is 2.53. The van der Waals surface area contributed by atoms with E-state index in [1.54, 1.807) is 0 Å². The zero-order valence-corrected chi connectivity index (χ0v) is 39.9. The van der Waals surface area contributed by atoms with Gasteiger partial charge in [-0.25, -0.2) is 0 Å². The Bertz CT molecular complexity index is 3890. The Morgan fingerprint density at radius 2 is 0.829 bits per heavy atom. The second kappa shape index (κ2) is 16.9. The highest BCUT2D eigenvalue weighted by molar-refractivity contribution is 7.26. The first-order valence-corrected chi connectivity index (χ1v) is 25.0. The number of thiophene rings is 1. The number of anilines is 6. The highest BCUT2D eigenvalue weighted by Gasteiger charge is 2.36. The fraction of sp³-hybridized carbons (Fsp3) is 0.0448. The van der Waals surface area contributed by atoms with Crippen LogP contribution in [-0.4, -0.2) is 0 Å². The Morgan fingerprint density at radius 1 is 0.314 bits per heavy atom. The van der Waals surface area contributed by atoms with Crippen molar-refractivity contribution in [2.24, 2.45) is 0 Å². The normalized spacial score (nSPS) is 12.5. The van der Waals surface area contributed by atoms with E-state index in [2.05, 4.69) is 278 Å². The summed E-state index contributed by atoms with van der Waals surface area (Å²) in [6.07, 6.45) is 0. The van der Waals surface area contributed by atoms with Gasteiger partial charge < -0.3 is 9.80 Å². The molecule has 0 saturated carbocycles. The second-order valence-corrected chi connectivity index (χ2v) is 20.0. The Labute approximate surface area is 413 Å². The maximum absolute atomic E-state index is 2.45. The molecule has 0 N–H and O–H groups in total. The molecule has 12 aromatic rings. The minimum absolute atomic E-state index is 0.130. The average Bonchev–Trinajstić information content (AvgIpc) is 3.91. The summed E-state index contributed by atoms with van der Waals surface area (Å²) in [7, 11) is 0. The van der Waals surface area contributed by atoms with Crippen LogP contribution in [-0.2, 0) is 5.41 Å². The molecule has 0 bridgehead atoms. The van der Waals surface area contributed by atoms with Gasteiger partial charge in [0.25, 0.3) is 0 Å². The van der Waals surface area contributed by atoms with Gasteiger partial charge in [0.2, 0.25) is 0 Å². The summed E-state index contributed by atoms with van der Waals surface area (Å²) in [5.41, 5.74) is 18.9. The van der Waals surface area contributed by atoms with Gasteiger partial charge in [-0.2, -0.15) is 0 Å². The number of fused-ring (bicyclic) bond motifs is 8. The Hall–Kier alpha value is -8.50. The lowest BCUT2D eigenvalue weighted by Crippen LogP contribution is -2.15. The Morgan fingerprint density at radius 3 is 1.50 bits per heavy atom. The molecule has 2 nitrogen and oxygen atoms in total. The molecule has 0 fully saturated rings. The first-order valence-electron chi connectivity index (χ1n) is 24.2. The summed E-state index contributed by atoms with van der Waals surface area (Å²) in [5, 5.41) is 5.19. The Kier molecular flexibility index (Phi) is 10.1. The molecule has 1 aliphatic carbocycles. The number of rotatable bonds is 9. The van der Waals surface area contributed by atoms with Crippen LogP contribution in [0.4, 0.5) is 34.1 Å². The minimum atomic E-state index is -0.130. The van der Waals surface area contributed by atoms with Crippen molar-refractivity contribution in [3.05, 3.63) is 266 Å². The largest absolute Gasteiger partial charge is 0.310 e. The van der Waals surface area contributed by atoms with Crippen molar-refractivity contribution in [2.45, 2.75) is 19.3 Å². The van der Waals surface area contributed by atoms with E-state index in [0.717, 1.165) is 39.7 Å². The van der Waals surface area contributed by atoms with Gasteiger partial charge in [-0.05, 0) is 145 Å². The number of nitrogens with zero attached hydrogens (tertiary/aromatic N) is 2. The quantitative estimate of drug-likeness (QED) is 0.142. The average molecular weight is 913 g/mol. The van der Waals surface area contributed by atoms with Crippen molar-refractivity contribution >= 4 is 76.4 Å². The fourth-order valence-electron chi connectivity index (χ4n) is 11.0. The molecule has 0 unspecified atom stereocenters. The third kappa shape index (κ3) is 7.09. The number of hydrogen-bond donors (Lipinski definition) is 0. The summed E-state index contributed by atoms with van der Waals surface area (Å²) in [6.45, 7) is 4.75. The predicted molar refractivity (Wildman–Crippen MR) is 300 cm³/mol. The van der Waals surface area contributed by atoms with Gasteiger partial charge in [-0.15, -0.1) is 11.3 Å². The summed E-state index contributed by atoms with van der Waals surface area (Å²) in [5.74, 6) is 0. The summed E-state index contributed by atoms with van der Waals surface area (Å²) < 4.78 is 2.63. The van der Waals surface area contributed by atoms with Crippen molar-refractivity contribution in [3.8, 4) is 44.5 Å². The Balaban J connectivity index is 1.01. The van der Waals surface area contributed by atoms with E-state index in [0.29, 0.717) is 0 Å². The molecule has 1 aromatic heterocycles. The van der Waals surface area contributed by atoms with Crippen LogP contribution in [0.25, 0.3) is 75.5 Å². The van der Waals surface area contributed by atoms with Gasteiger partial charge in [-0.1, -0.05) is 190 Å². The van der Waals surface area contributed by atoms with Crippen molar-refractivity contribution in [2.75, 3.05) is 9.80 Å². The van der Waals surface area contributed by atoms with E-state index >= 15 is 0 Å². The molecule has 13 rings (SSSR count). The van der Waals surface area contributed by atoms with Crippen LogP contribution in [0, 0.1) is 0 Å². The lowest BCUT2D eigenvalue weighted by molar-refractivity contribution is 0.661. The molecule has 3 heteroatoms. The topological polar surface area (TPSA) is 6.48 Å². The van der Waals surface area contributed by atoms with Crippen LogP contribution >= 0.6 is 11.3 Å². The number of para-hydroxylation sites is 2. The van der Waals surface area contributed by atoms with Crippen LogP contribution in [0.3, 0.4) is 0 Å². The molecule has 1 aliphatic rings. The third-order valence-corrected chi connectivity index (χ3v) is 15.6. The molecule has 0 saturated heterocycles. The molecular formula is C67H48N2S. The lowest BCUT2D eigenvalue weighted by Gasteiger charge is -2.30. The van der Waals surface area contributed by atoms with E-state index < -0.39 is 0 Å². The first kappa shape index (κ1) is 41.7. The molecule has 1 heterocycles. The summed E-state index contributed by atoms with van der Waals surface area (Å²) in [6, 6.07) is 93.6. The standard InChI is InChI=1S/C67H48N2S/c1-67(2)62-39-34-49(43-61(62)65-57-24-13-12-19-47(57)33-40-63(65)67)50-41-55(68(51-20-8-4-9-21-51)53-35-29-46(30-36-53)45-17-6-3-7-18-45)44-56(42-50)69(52-22-10-5-11-23-52)54-37-31-48(32-38-54)58-26-16-27-60-59-25-14-15-28-64(59)70-66(58)60/h3-44H,1-2H3. The predicted octanol–water partition coefficient (Wildman–Crippen LogP) is 19.5. The van der Waals surface area contributed by atoms with E-state index in [1.165, 1.54) is 81.0 Å². The zero-order chi connectivity index (χ0) is 46.8. The molecule has 0 atom stereocenters. The van der Waals surface area contributed by atoms with E-state index in [9.17, 15) is 0 Å². The molecule has 70 heavy (non-hydrogen) atoms. The van der Waals surface area contributed by atoms with Crippen LogP contribution in [0.15, 0.2) is 255 Å². The van der Waals surface area contributed by atoms with Crippen LogP contribution in [0.5, 0.6) is 0 Å². The van der Waals surface area contributed by atoms with Crippen molar-refractivity contribution in [3.63, 3.8) is 0 Å². The molecular weight excluding hydrogens is 865 g/mol. The monoisotopic (exact) mass is 912 g/mol. The highest BCUT2D eigenvalue weighted by atomic mass is 32.1. The van der Waals surface area contributed by atoms with Gasteiger partial charge in [0.05, 0.1) is 0 Å². The minimum Gasteiger partial charge on any atom is -0.310 e. The smallest absolute Gasteiger partial charge is 0.0488 e. The van der Waals surface area contributed by atoms with E-state index in [-0.39, 0.29) is 5.41 Å². The molecule has 0 aliphatic heterocycles. The van der Waals surface area contributed by atoms with Crippen molar-refractivity contribution in [1.29, 1.82) is 0 Å². The van der Waals surface area contributed by atoms with Gasteiger partial charge in [0.15, 0.2) is 0 Å². The summed E-state index contributed by atoms with van der Waals surface area (Å²) in [4.78, 5) is 4.82. The van der Waals surface area contributed by atoms with E-state index in [4.69, 9.17) is 0 Å². The van der Waals surface area contributed by atoms with E-state index in [1.807, 2.05) is 11.3 Å². The lowest BCUT2D eigenvalue weighted by atomic mass is 9.82. The van der Waals surface area contributed by atoms with Gasteiger partial charge in [0, 0.05) is 59.7 Å². The van der Waals surface area contributed by atoms with Gasteiger partial charge >= 0.3 is 0 Å². The number of benzene rings is 11. The third-order valence-electron chi connectivity index (χ3n) is 14.4.